The SMILES string of the molecule is Clc1ccc(-c2csc3nc(Cl)nc(N4CCCc5ccccc54)c23)cc1. The summed E-state index contributed by atoms with van der Waals surface area (Å²) < 4.78 is 0. The van der Waals surface area contributed by atoms with Gasteiger partial charge >= 0.3 is 0 Å². The number of aromatic nitrogens is 2. The Morgan fingerprint density at radius 1 is 0.963 bits per heavy atom. The molecule has 6 heteroatoms. The first kappa shape index (κ1) is 17.0. The lowest BCUT2D eigenvalue weighted by Gasteiger charge is -2.31. The van der Waals surface area contributed by atoms with E-state index >= 15 is 0 Å². The standard InChI is InChI=1S/C21H15Cl2N3S/c22-15-9-7-13(8-10-15)16-12-27-20-18(16)19(24-21(23)25-20)26-11-3-5-14-4-1-2-6-17(14)26/h1-2,4,6-10,12H,3,5,11H2. The Kier molecular flexibility index (Phi) is 4.27. The molecule has 2 aromatic heterocycles. The van der Waals surface area contributed by atoms with E-state index in [1.807, 2.05) is 24.3 Å². The Bertz CT molecular complexity index is 1140. The lowest BCUT2D eigenvalue weighted by Crippen LogP contribution is -2.25. The number of hydrogen-bond acceptors (Lipinski definition) is 4. The lowest BCUT2D eigenvalue weighted by molar-refractivity contribution is 0.761. The minimum Gasteiger partial charge on any atom is -0.325 e. The highest BCUT2D eigenvalue weighted by Crippen LogP contribution is 2.42. The first-order valence-electron chi connectivity index (χ1n) is 8.77. The van der Waals surface area contributed by atoms with Gasteiger partial charge in [-0.05, 0) is 53.8 Å². The number of anilines is 2. The molecule has 0 N–H and O–H groups in total. The van der Waals surface area contributed by atoms with E-state index in [-0.39, 0.29) is 5.28 Å². The molecule has 27 heavy (non-hydrogen) atoms. The maximum Gasteiger partial charge on any atom is 0.225 e. The summed E-state index contributed by atoms with van der Waals surface area (Å²) >= 11 is 14.0. The summed E-state index contributed by atoms with van der Waals surface area (Å²) in [5.41, 5.74) is 4.76. The second-order valence-electron chi connectivity index (χ2n) is 6.54. The highest BCUT2D eigenvalue weighted by atomic mass is 35.5. The van der Waals surface area contributed by atoms with E-state index in [1.54, 1.807) is 11.3 Å². The summed E-state index contributed by atoms with van der Waals surface area (Å²) in [6.45, 7) is 0.912. The minimum atomic E-state index is 0.282. The maximum absolute atomic E-state index is 6.29. The van der Waals surface area contributed by atoms with Gasteiger partial charge in [-0.15, -0.1) is 11.3 Å². The molecule has 3 nitrogen and oxygen atoms in total. The van der Waals surface area contributed by atoms with Crippen molar-refractivity contribution in [3.05, 3.63) is 69.8 Å². The van der Waals surface area contributed by atoms with Crippen LogP contribution in [-0.2, 0) is 6.42 Å². The van der Waals surface area contributed by atoms with Gasteiger partial charge in [0.15, 0.2) is 0 Å². The van der Waals surface area contributed by atoms with Crippen molar-refractivity contribution in [3.8, 4) is 11.1 Å². The third kappa shape index (κ3) is 2.98. The number of nitrogens with zero attached hydrogens (tertiary/aromatic N) is 3. The first-order valence-corrected chi connectivity index (χ1v) is 10.4. The van der Waals surface area contributed by atoms with Gasteiger partial charge in [0.1, 0.15) is 10.6 Å². The molecule has 3 heterocycles. The number of thiophene rings is 1. The molecule has 5 rings (SSSR count). The van der Waals surface area contributed by atoms with Crippen LogP contribution < -0.4 is 4.90 Å². The van der Waals surface area contributed by atoms with Gasteiger partial charge < -0.3 is 4.90 Å². The molecule has 0 saturated carbocycles. The van der Waals surface area contributed by atoms with Gasteiger partial charge in [0, 0.05) is 28.2 Å². The molecule has 0 radical (unpaired) electrons. The van der Waals surface area contributed by atoms with Crippen LogP contribution in [0.4, 0.5) is 11.5 Å². The van der Waals surface area contributed by atoms with Crippen molar-refractivity contribution in [3.63, 3.8) is 0 Å². The molecule has 4 aromatic rings. The quantitative estimate of drug-likeness (QED) is 0.341. The van der Waals surface area contributed by atoms with E-state index in [2.05, 4.69) is 44.5 Å². The summed E-state index contributed by atoms with van der Waals surface area (Å²) in [5.74, 6) is 0.878. The number of aryl methyl sites for hydroxylation is 1. The molecule has 0 aliphatic carbocycles. The Morgan fingerprint density at radius 3 is 2.63 bits per heavy atom. The molecule has 1 aliphatic heterocycles. The van der Waals surface area contributed by atoms with Crippen LogP contribution in [0.2, 0.25) is 10.3 Å². The van der Waals surface area contributed by atoms with Crippen molar-refractivity contribution in [1.29, 1.82) is 0 Å². The van der Waals surface area contributed by atoms with Crippen molar-refractivity contribution in [2.45, 2.75) is 12.8 Å². The predicted octanol–water partition coefficient (Wildman–Crippen LogP) is 6.75. The van der Waals surface area contributed by atoms with Gasteiger partial charge in [-0.1, -0.05) is 41.9 Å². The topological polar surface area (TPSA) is 29.0 Å². The zero-order valence-corrected chi connectivity index (χ0v) is 16.7. The molecule has 0 bridgehead atoms. The van der Waals surface area contributed by atoms with Gasteiger partial charge in [0.25, 0.3) is 0 Å². The average molecular weight is 412 g/mol. The Morgan fingerprint density at radius 2 is 1.78 bits per heavy atom. The maximum atomic E-state index is 6.29. The van der Waals surface area contributed by atoms with E-state index in [4.69, 9.17) is 23.2 Å². The third-order valence-electron chi connectivity index (χ3n) is 4.91. The molecule has 0 fully saturated rings. The zero-order valence-electron chi connectivity index (χ0n) is 14.3. The van der Waals surface area contributed by atoms with Crippen LogP contribution >= 0.6 is 34.5 Å². The highest BCUT2D eigenvalue weighted by molar-refractivity contribution is 7.17. The second-order valence-corrected chi connectivity index (χ2v) is 8.17. The molecular weight excluding hydrogens is 397 g/mol. The van der Waals surface area contributed by atoms with Crippen molar-refractivity contribution in [1.82, 2.24) is 9.97 Å². The Labute approximate surface area is 171 Å². The summed E-state index contributed by atoms with van der Waals surface area (Å²) in [6.07, 6.45) is 2.17. The number of para-hydroxylation sites is 1. The third-order valence-corrected chi connectivity index (χ3v) is 6.20. The first-order chi connectivity index (χ1) is 13.2. The van der Waals surface area contributed by atoms with Gasteiger partial charge in [-0.25, -0.2) is 4.98 Å². The predicted molar refractivity (Wildman–Crippen MR) is 115 cm³/mol. The summed E-state index contributed by atoms with van der Waals surface area (Å²) in [7, 11) is 0. The van der Waals surface area contributed by atoms with Gasteiger partial charge in [0.05, 0.1) is 5.39 Å². The van der Waals surface area contributed by atoms with E-state index < -0.39 is 0 Å². The largest absolute Gasteiger partial charge is 0.325 e. The van der Waals surface area contributed by atoms with Crippen LogP contribution in [0.15, 0.2) is 53.9 Å². The fourth-order valence-electron chi connectivity index (χ4n) is 3.69. The summed E-state index contributed by atoms with van der Waals surface area (Å²) in [5, 5.41) is 4.18. The second kappa shape index (κ2) is 6.79. The molecule has 0 spiro atoms. The fourth-order valence-corrected chi connectivity index (χ4v) is 4.97. The van der Waals surface area contributed by atoms with Crippen LogP contribution in [0.3, 0.4) is 0 Å². The Balaban J connectivity index is 1.75. The number of fused-ring (bicyclic) bond motifs is 2. The van der Waals surface area contributed by atoms with Gasteiger partial charge in [0.2, 0.25) is 5.28 Å². The molecule has 134 valence electrons. The number of rotatable bonds is 2. The minimum absolute atomic E-state index is 0.282. The number of hydrogen-bond donors (Lipinski definition) is 0. The zero-order chi connectivity index (χ0) is 18.4. The van der Waals surface area contributed by atoms with Crippen LogP contribution in [0.1, 0.15) is 12.0 Å². The summed E-state index contributed by atoms with van der Waals surface area (Å²) in [6, 6.07) is 16.4. The normalized spacial score (nSPS) is 13.8. The highest BCUT2D eigenvalue weighted by Gasteiger charge is 2.24. The van der Waals surface area contributed by atoms with Gasteiger partial charge in [-0.3, -0.25) is 0 Å². The molecule has 0 saturated heterocycles. The van der Waals surface area contributed by atoms with Gasteiger partial charge in [-0.2, -0.15) is 4.98 Å². The van der Waals surface area contributed by atoms with Crippen LogP contribution in [0.5, 0.6) is 0 Å². The molecular formula is C21H15Cl2N3S. The molecule has 0 amide bonds. The lowest BCUT2D eigenvalue weighted by atomic mass is 10.0. The smallest absolute Gasteiger partial charge is 0.225 e. The number of halogens is 2. The average Bonchev–Trinajstić information content (AvgIpc) is 3.11. The van der Waals surface area contributed by atoms with Crippen molar-refractivity contribution in [2.24, 2.45) is 0 Å². The van der Waals surface area contributed by atoms with E-state index in [0.29, 0.717) is 0 Å². The van der Waals surface area contributed by atoms with Crippen molar-refractivity contribution in [2.75, 3.05) is 11.4 Å². The van der Waals surface area contributed by atoms with Crippen LogP contribution in [-0.4, -0.2) is 16.5 Å². The molecule has 0 atom stereocenters. The molecule has 2 aromatic carbocycles. The fraction of sp³-hybridized carbons (Fsp3) is 0.143. The monoisotopic (exact) mass is 411 g/mol. The molecule has 1 aliphatic rings. The van der Waals surface area contributed by atoms with Crippen LogP contribution in [0.25, 0.3) is 21.3 Å². The van der Waals surface area contributed by atoms with Crippen LogP contribution in [0, 0.1) is 0 Å². The van der Waals surface area contributed by atoms with Crippen molar-refractivity contribution < 1.29 is 0 Å². The van der Waals surface area contributed by atoms with E-state index in [0.717, 1.165) is 51.6 Å². The number of benzene rings is 2. The van der Waals surface area contributed by atoms with Crippen molar-refractivity contribution >= 4 is 56.3 Å². The molecule has 0 unspecified atom stereocenters. The Hall–Kier alpha value is -2.14. The van der Waals surface area contributed by atoms with E-state index in [9.17, 15) is 0 Å². The summed E-state index contributed by atoms with van der Waals surface area (Å²) in [4.78, 5) is 12.3. The van der Waals surface area contributed by atoms with E-state index in [1.165, 1.54) is 11.3 Å².